The lowest BCUT2D eigenvalue weighted by Crippen LogP contribution is -2.34. The van der Waals surface area contributed by atoms with Crippen molar-refractivity contribution in [2.75, 3.05) is 18.8 Å². The summed E-state index contributed by atoms with van der Waals surface area (Å²) in [4.78, 5) is 14.4. The van der Waals surface area contributed by atoms with Crippen LogP contribution in [0.15, 0.2) is 30.5 Å². The van der Waals surface area contributed by atoms with Crippen molar-refractivity contribution in [3.05, 3.63) is 30.5 Å². The molecule has 3 rings (SSSR count). The van der Waals surface area contributed by atoms with Crippen molar-refractivity contribution in [3.63, 3.8) is 0 Å². The Morgan fingerprint density at radius 2 is 1.85 bits per heavy atom. The van der Waals surface area contributed by atoms with E-state index in [2.05, 4.69) is 0 Å². The third-order valence-corrected chi connectivity index (χ3v) is 4.11. The van der Waals surface area contributed by atoms with Gasteiger partial charge in [0.2, 0.25) is 5.91 Å². The van der Waals surface area contributed by atoms with Gasteiger partial charge in [0.1, 0.15) is 6.54 Å². The highest BCUT2D eigenvalue weighted by atomic mass is 16.2. The van der Waals surface area contributed by atoms with E-state index in [1.54, 1.807) is 0 Å². The fraction of sp³-hybridized carbons (Fsp3) is 0.438. The lowest BCUT2D eigenvalue weighted by Gasteiger charge is -2.20. The zero-order valence-corrected chi connectivity index (χ0v) is 11.7. The molecule has 1 aromatic heterocycles. The van der Waals surface area contributed by atoms with Crippen molar-refractivity contribution in [1.29, 1.82) is 0 Å². The first-order valence-corrected chi connectivity index (χ1v) is 7.37. The molecule has 4 heteroatoms. The van der Waals surface area contributed by atoms with Crippen molar-refractivity contribution in [1.82, 2.24) is 9.47 Å². The molecular weight excluding hydrogens is 250 g/mol. The Labute approximate surface area is 119 Å². The Balaban J connectivity index is 1.78. The molecule has 1 aliphatic rings. The zero-order chi connectivity index (χ0) is 13.9. The molecule has 1 amide bonds. The first kappa shape index (κ1) is 13.0. The molecule has 0 spiro atoms. The van der Waals surface area contributed by atoms with Gasteiger partial charge in [0, 0.05) is 30.4 Å². The molecule has 0 bridgehead atoms. The number of likely N-dealkylation sites (tertiary alicyclic amines) is 1. The standard InChI is InChI=1S/C16H21N3O/c17-14-6-5-7-15-13(14)8-11-19(15)12-16(20)18-9-3-1-2-4-10-18/h5-8,11H,1-4,9-10,12,17H2. The van der Waals surface area contributed by atoms with Crippen molar-refractivity contribution in [3.8, 4) is 0 Å². The van der Waals surface area contributed by atoms with E-state index in [-0.39, 0.29) is 5.91 Å². The molecule has 1 fully saturated rings. The fourth-order valence-corrected chi connectivity index (χ4v) is 2.95. The van der Waals surface area contributed by atoms with Crippen molar-refractivity contribution < 1.29 is 4.79 Å². The number of hydrogen-bond acceptors (Lipinski definition) is 2. The largest absolute Gasteiger partial charge is 0.398 e. The summed E-state index contributed by atoms with van der Waals surface area (Å²) in [6.45, 7) is 2.22. The smallest absolute Gasteiger partial charge is 0.242 e. The monoisotopic (exact) mass is 271 g/mol. The molecule has 20 heavy (non-hydrogen) atoms. The van der Waals surface area contributed by atoms with Crippen molar-refractivity contribution in [2.45, 2.75) is 32.2 Å². The summed E-state index contributed by atoms with van der Waals surface area (Å²) in [7, 11) is 0. The number of nitrogen functional groups attached to an aromatic ring is 1. The number of aromatic nitrogens is 1. The van der Waals surface area contributed by atoms with Gasteiger partial charge in [0.05, 0.1) is 5.52 Å². The maximum Gasteiger partial charge on any atom is 0.242 e. The normalized spacial score (nSPS) is 16.3. The van der Waals surface area contributed by atoms with Gasteiger partial charge in [0.15, 0.2) is 0 Å². The van der Waals surface area contributed by atoms with Crippen LogP contribution in [0.1, 0.15) is 25.7 Å². The summed E-state index contributed by atoms with van der Waals surface area (Å²) in [5.74, 6) is 0.215. The summed E-state index contributed by atoms with van der Waals surface area (Å²) in [6.07, 6.45) is 6.70. The van der Waals surface area contributed by atoms with Crippen LogP contribution in [-0.2, 0) is 11.3 Å². The first-order valence-electron chi connectivity index (χ1n) is 7.37. The van der Waals surface area contributed by atoms with E-state index in [1.807, 2.05) is 39.9 Å². The molecule has 0 radical (unpaired) electrons. The van der Waals surface area contributed by atoms with Gasteiger partial charge in [-0.05, 0) is 31.0 Å². The molecule has 0 saturated carbocycles. The quantitative estimate of drug-likeness (QED) is 0.854. The third-order valence-electron chi connectivity index (χ3n) is 4.11. The number of nitrogens with two attached hydrogens (primary N) is 1. The van der Waals surface area contributed by atoms with Crippen LogP contribution >= 0.6 is 0 Å². The Bertz CT molecular complexity index is 609. The Morgan fingerprint density at radius 1 is 1.10 bits per heavy atom. The highest BCUT2D eigenvalue weighted by Crippen LogP contribution is 2.22. The Hall–Kier alpha value is -1.97. The molecular formula is C16H21N3O. The fourth-order valence-electron chi connectivity index (χ4n) is 2.95. The summed E-state index contributed by atoms with van der Waals surface area (Å²) in [6, 6.07) is 7.83. The minimum Gasteiger partial charge on any atom is -0.398 e. The van der Waals surface area contributed by atoms with E-state index >= 15 is 0 Å². The Morgan fingerprint density at radius 3 is 2.60 bits per heavy atom. The number of rotatable bonds is 2. The van der Waals surface area contributed by atoms with Crippen LogP contribution in [0.4, 0.5) is 5.69 Å². The van der Waals surface area contributed by atoms with Gasteiger partial charge in [-0.2, -0.15) is 0 Å². The third kappa shape index (κ3) is 2.50. The molecule has 1 aromatic carbocycles. The second kappa shape index (κ2) is 5.57. The average molecular weight is 271 g/mol. The van der Waals surface area contributed by atoms with Crippen LogP contribution < -0.4 is 5.73 Å². The summed E-state index contributed by atoms with van der Waals surface area (Å²) in [5.41, 5.74) is 7.76. The van der Waals surface area contributed by atoms with Gasteiger partial charge < -0.3 is 15.2 Å². The van der Waals surface area contributed by atoms with Gasteiger partial charge in [-0.25, -0.2) is 0 Å². The molecule has 0 atom stereocenters. The number of hydrogen-bond donors (Lipinski definition) is 1. The van der Waals surface area contributed by atoms with Gasteiger partial charge in [0.25, 0.3) is 0 Å². The van der Waals surface area contributed by atoms with Crippen LogP contribution in [0.2, 0.25) is 0 Å². The molecule has 106 valence electrons. The second-order valence-corrected chi connectivity index (χ2v) is 5.52. The highest BCUT2D eigenvalue weighted by Gasteiger charge is 2.16. The summed E-state index contributed by atoms with van der Waals surface area (Å²) >= 11 is 0. The maximum atomic E-state index is 12.4. The van der Waals surface area contributed by atoms with E-state index < -0.39 is 0 Å². The van der Waals surface area contributed by atoms with E-state index in [0.29, 0.717) is 6.54 Å². The predicted octanol–water partition coefficient (Wildman–Crippen LogP) is 2.63. The lowest BCUT2D eigenvalue weighted by molar-refractivity contribution is -0.131. The second-order valence-electron chi connectivity index (χ2n) is 5.52. The molecule has 0 unspecified atom stereocenters. The van der Waals surface area contributed by atoms with Gasteiger partial charge in [-0.1, -0.05) is 18.9 Å². The van der Waals surface area contributed by atoms with Crippen molar-refractivity contribution >= 4 is 22.5 Å². The SMILES string of the molecule is Nc1cccc2c1ccn2CC(=O)N1CCCCCC1. The summed E-state index contributed by atoms with van der Waals surface area (Å²) < 4.78 is 2.00. The number of anilines is 1. The van der Waals surface area contributed by atoms with Gasteiger partial charge in [-0.3, -0.25) is 4.79 Å². The van der Waals surface area contributed by atoms with Gasteiger partial charge in [-0.15, -0.1) is 0 Å². The molecule has 2 heterocycles. The van der Waals surface area contributed by atoms with Crippen molar-refractivity contribution in [2.24, 2.45) is 0 Å². The first-order chi connectivity index (χ1) is 9.75. The minimum atomic E-state index is 0.215. The highest BCUT2D eigenvalue weighted by molar-refractivity contribution is 5.92. The zero-order valence-electron chi connectivity index (χ0n) is 11.7. The molecule has 1 saturated heterocycles. The van der Waals surface area contributed by atoms with E-state index in [4.69, 9.17) is 5.73 Å². The molecule has 0 aliphatic carbocycles. The summed E-state index contributed by atoms with van der Waals surface area (Å²) in [5, 5.41) is 1.02. The van der Waals surface area contributed by atoms with Crippen LogP contribution in [0, 0.1) is 0 Å². The molecule has 1 aliphatic heterocycles. The number of carbonyl (C=O) groups is 1. The average Bonchev–Trinajstić information content (AvgIpc) is 2.69. The number of amides is 1. The maximum absolute atomic E-state index is 12.4. The van der Waals surface area contributed by atoms with Crippen LogP contribution in [0.25, 0.3) is 10.9 Å². The van der Waals surface area contributed by atoms with Gasteiger partial charge >= 0.3 is 0 Å². The van der Waals surface area contributed by atoms with E-state index in [9.17, 15) is 4.79 Å². The van der Waals surface area contributed by atoms with E-state index in [1.165, 1.54) is 12.8 Å². The van der Waals surface area contributed by atoms with E-state index in [0.717, 1.165) is 42.5 Å². The molecule has 4 nitrogen and oxygen atoms in total. The molecule has 2 aromatic rings. The number of benzene rings is 1. The minimum absolute atomic E-state index is 0.215. The topological polar surface area (TPSA) is 51.3 Å². The Kier molecular flexibility index (Phi) is 3.63. The number of fused-ring (bicyclic) bond motifs is 1. The number of nitrogens with zero attached hydrogens (tertiary/aromatic N) is 2. The lowest BCUT2D eigenvalue weighted by atomic mass is 10.2. The number of carbonyl (C=O) groups excluding carboxylic acids is 1. The predicted molar refractivity (Wildman–Crippen MR) is 81.4 cm³/mol. The van der Waals surface area contributed by atoms with Crippen LogP contribution in [0.5, 0.6) is 0 Å². The van der Waals surface area contributed by atoms with Crippen LogP contribution in [0.3, 0.4) is 0 Å². The molecule has 2 N–H and O–H groups in total. The van der Waals surface area contributed by atoms with Crippen LogP contribution in [-0.4, -0.2) is 28.5 Å².